The van der Waals surface area contributed by atoms with Crippen molar-refractivity contribution in [3.63, 3.8) is 0 Å². The van der Waals surface area contributed by atoms with Gasteiger partial charge in [0.05, 0.1) is 18.9 Å². The number of carbonyl (C=O) groups excluding carboxylic acids is 1. The zero-order chi connectivity index (χ0) is 20.2. The minimum atomic E-state index is -0.618. The average molecular weight is 397 g/mol. The number of hydrogen-bond donors (Lipinski definition) is 2. The van der Waals surface area contributed by atoms with Crippen molar-refractivity contribution in [1.29, 1.82) is 0 Å². The highest BCUT2D eigenvalue weighted by Gasteiger charge is 2.18. The van der Waals surface area contributed by atoms with Crippen LogP contribution in [0.3, 0.4) is 0 Å². The maximum absolute atomic E-state index is 14.5. The molecule has 0 unspecified atom stereocenters. The van der Waals surface area contributed by atoms with E-state index in [2.05, 4.69) is 20.8 Å². The van der Waals surface area contributed by atoms with E-state index in [-0.39, 0.29) is 11.9 Å². The molecule has 8 nitrogen and oxygen atoms in total. The van der Waals surface area contributed by atoms with Gasteiger partial charge in [-0.05, 0) is 37.3 Å². The number of benzene rings is 2. The van der Waals surface area contributed by atoms with Gasteiger partial charge >= 0.3 is 17.8 Å². The number of aryl methyl sites for hydroxylation is 1. The molecule has 3 aromatic rings. The van der Waals surface area contributed by atoms with Crippen LogP contribution in [0.25, 0.3) is 0 Å². The van der Waals surface area contributed by atoms with Gasteiger partial charge in [0.2, 0.25) is 0 Å². The third kappa shape index (κ3) is 4.52. The summed E-state index contributed by atoms with van der Waals surface area (Å²) in [6, 6.07) is 12.2. The lowest BCUT2D eigenvalue weighted by Crippen LogP contribution is -2.36. The normalized spacial score (nSPS) is 13.9. The predicted molar refractivity (Wildman–Crippen MR) is 106 cm³/mol. The topological polar surface area (TPSA) is 92.5 Å². The molecule has 1 aliphatic heterocycles. The maximum Gasteiger partial charge on any atom is 0.320 e. The lowest BCUT2D eigenvalue weighted by Gasteiger charge is -2.29. The minimum Gasteiger partial charge on any atom is -0.399 e. The number of morpholine rings is 1. The van der Waals surface area contributed by atoms with Crippen LogP contribution >= 0.6 is 0 Å². The first-order valence-electron chi connectivity index (χ1n) is 9.19. The smallest absolute Gasteiger partial charge is 0.320 e. The van der Waals surface area contributed by atoms with Crippen LogP contribution in [-0.4, -0.2) is 42.4 Å². The van der Waals surface area contributed by atoms with Gasteiger partial charge < -0.3 is 24.7 Å². The van der Waals surface area contributed by atoms with Gasteiger partial charge in [0.1, 0.15) is 5.82 Å². The SMILES string of the molecule is Cc1ccc(Nc2nnc(C(=O)Nc3ccc(N4CCOCC4)c(F)c3)o2)cc1. The lowest BCUT2D eigenvalue weighted by atomic mass is 10.2. The average Bonchev–Trinajstić information content (AvgIpc) is 3.19. The van der Waals surface area contributed by atoms with Crippen molar-refractivity contribution < 1.29 is 18.3 Å². The monoisotopic (exact) mass is 397 g/mol. The highest BCUT2D eigenvalue weighted by molar-refractivity contribution is 6.01. The van der Waals surface area contributed by atoms with Crippen molar-refractivity contribution >= 4 is 29.0 Å². The van der Waals surface area contributed by atoms with Crippen LogP contribution in [0.4, 0.5) is 27.5 Å². The van der Waals surface area contributed by atoms with Crippen molar-refractivity contribution in [3.8, 4) is 0 Å². The van der Waals surface area contributed by atoms with Crippen LogP contribution in [0, 0.1) is 12.7 Å². The molecule has 1 saturated heterocycles. The zero-order valence-corrected chi connectivity index (χ0v) is 15.8. The number of nitrogens with zero attached hydrogens (tertiary/aromatic N) is 3. The second-order valence-electron chi connectivity index (χ2n) is 6.62. The molecule has 0 bridgehead atoms. The number of hydrogen-bond acceptors (Lipinski definition) is 7. The highest BCUT2D eigenvalue weighted by Crippen LogP contribution is 2.24. The largest absolute Gasteiger partial charge is 0.399 e. The Labute approximate surface area is 166 Å². The van der Waals surface area contributed by atoms with E-state index < -0.39 is 11.7 Å². The fourth-order valence-electron chi connectivity index (χ4n) is 2.96. The van der Waals surface area contributed by atoms with E-state index in [1.54, 1.807) is 12.1 Å². The van der Waals surface area contributed by atoms with E-state index in [0.717, 1.165) is 11.3 Å². The van der Waals surface area contributed by atoms with Crippen LogP contribution in [0.2, 0.25) is 0 Å². The van der Waals surface area contributed by atoms with Gasteiger partial charge in [-0.25, -0.2) is 4.39 Å². The number of nitrogens with one attached hydrogen (secondary N) is 2. The summed E-state index contributed by atoms with van der Waals surface area (Å²) in [5.74, 6) is -1.26. The summed E-state index contributed by atoms with van der Waals surface area (Å²) in [6.07, 6.45) is 0. The molecule has 2 aromatic carbocycles. The van der Waals surface area contributed by atoms with Gasteiger partial charge in [-0.2, -0.15) is 0 Å². The number of aromatic nitrogens is 2. The zero-order valence-electron chi connectivity index (χ0n) is 15.8. The van der Waals surface area contributed by atoms with Gasteiger partial charge in [0.15, 0.2) is 0 Å². The van der Waals surface area contributed by atoms with Gasteiger partial charge in [0, 0.05) is 24.5 Å². The molecule has 0 aliphatic carbocycles. The molecule has 2 heterocycles. The molecule has 2 N–H and O–H groups in total. The Hall–Kier alpha value is -3.46. The van der Waals surface area contributed by atoms with E-state index in [4.69, 9.17) is 9.15 Å². The summed E-state index contributed by atoms with van der Waals surface area (Å²) in [5, 5.41) is 13.0. The Balaban J connectivity index is 1.41. The Bertz CT molecular complexity index is 1000. The Morgan fingerprint density at radius 2 is 1.79 bits per heavy atom. The summed E-state index contributed by atoms with van der Waals surface area (Å²) in [7, 11) is 0. The Morgan fingerprint density at radius 1 is 1.07 bits per heavy atom. The molecule has 0 spiro atoms. The van der Waals surface area contributed by atoms with Crippen molar-refractivity contribution in [2.24, 2.45) is 0 Å². The molecular weight excluding hydrogens is 377 g/mol. The summed E-state index contributed by atoms with van der Waals surface area (Å²) in [6.45, 7) is 4.36. The van der Waals surface area contributed by atoms with Crippen molar-refractivity contribution in [2.45, 2.75) is 6.92 Å². The van der Waals surface area contributed by atoms with E-state index in [9.17, 15) is 9.18 Å². The maximum atomic E-state index is 14.5. The summed E-state index contributed by atoms with van der Waals surface area (Å²) in [4.78, 5) is 14.2. The highest BCUT2D eigenvalue weighted by atomic mass is 19.1. The van der Waals surface area contributed by atoms with E-state index in [1.807, 2.05) is 36.1 Å². The fraction of sp³-hybridized carbons (Fsp3) is 0.250. The first-order chi connectivity index (χ1) is 14.1. The molecule has 0 saturated carbocycles. The second kappa shape index (κ2) is 8.27. The van der Waals surface area contributed by atoms with Crippen LogP contribution in [0.15, 0.2) is 46.9 Å². The standard InChI is InChI=1S/C20H20FN5O3/c1-13-2-4-14(5-3-13)23-20-25-24-19(29-20)18(27)22-15-6-7-17(16(21)12-15)26-8-10-28-11-9-26/h2-7,12H,8-11H2,1H3,(H,22,27)(H,23,25). The van der Waals surface area contributed by atoms with Crippen LogP contribution in [-0.2, 0) is 4.74 Å². The molecule has 0 radical (unpaired) electrons. The number of amides is 1. The third-order valence-corrected chi connectivity index (χ3v) is 4.48. The molecule has 29 heavy (non-hydrogen) atoms. The Morgan fingerprint density at radius 3 is 2.52 bits per heavy atom. The third-order valence-electron chi connectivity index (χ3n) is 4.48. The van der Waals surface area contributed by atoms with E-state index in [0.29, 0.717) is 37.7 Å². The second-order valence-corrected chi connectivity index (χ2v) is 6.62. The van der Waals surface area contributed by atoms with Crippen molar-refractivity contribution in [2.75, 3.05) is 41.8 Å². The van der Waals surface area contributed by atoms with Gasteiger partial charge in [-0.3, -0.25) is 4.79 Å². The van der Waals surface area contributed by atoms with Crippen molar-refractivity contribution in [3.05, 3.63) is 59.7 Å². The number of carbonyl (C=O) groups is 1. The molecule has 0 atom stereocenters. The van der Waals surface area contributed by atoms with Gasteiger partial charge in [0.25, 0.3) is 0 Å². The molecule has 150 valence electrons. The van der Waals surface area contributed by atoms with Gasteiger partial charge in [-0.1, -0.05) is 22.8 Å². The molecule has 9 heteroatoms. The summed E-state index contributed by atoms with van der Waals surface area (Å²) in [5.41, 5.74) is 2.66. The first kappa shape index (κ1) is 18.9. The Kier molecular flexibility index (Phi) is 5.39. The first-order valence-corrected chi connectivity index (χ1v) is 9.19. The van der Waals surface area contributed by atoms with Crippen LogP contribution < -0.4 is 15.5 Å². The van der Waals surface area contributed by atoms with Crippen molar-refractivity contribution in [1.82, 2.24) is 10.2 Å². The number of rotatable bonds is 5. The van der Waals surface area contributed by atoms with Crippen LogP contribution in [0.1, 0.15) is 16.2 Å². The van der Waals surface area contributed by atoms with Crippen LogP contribution in [0.5, 0.6) is 0 Å². The van der Waals surface area contributed by atoms with E-state index >= 15 is 0 Å². The molecule has 1 aromatic heterocycles. The molecule has 1 aliphatic rings. The number of halogens is 1. The molecular formula is C20H20FN5O3. The summed E-state index contributed by atoms with van der Waals surface area (Å²) >= 11 is 0. The quantitative estimate of drug-likeness (QED) is 0.682. The predicted octanol–water partition coefficient (Wildman–Crippen LogP) is 3.35. The molecule has 1 fully saturated rings. The fourth-order valence-corrected chi connectivity index (χ4v) is 2.96. The minimum absolute atomic E-state index is 0.0906. The lowest BCUT2D eigenvalue weighted by molar-refractivity contribution is 0.0991. The number of ether oxygens (including phenoxy) is 1. The summed E-state index contributed by atoms with van der Waals surface area (Å²) < 4.78 is 25.1. The number of anilines is 4. The van der Waals surface area contributed by atoms with E-state index in [1.165, 1.54) is 6.07 Å². The molecule has 4 rings (SSSR count). The van der Waals surface area contributed by atoms with Gasteiger partial charge in [-0.15, -0.1) is 5.10 Å². The molecule has 1 amide bonds.